The van der Waals surface area contributed by atoms with E-state index >= 15 is 0 Å². The molecule has 20 heavy (non-hydrogen) atoms. The molecule has 0 aliphatic carbocycles. The molecule has 6 heteroatoms. The van der Waals surface area contributed by atoms with Crippen LogP contribution < -0.4 is 10.5 Å². The van der Waals surface area contributed by atoms with Crippen LogP contribution in [-0.4, -0.2) is 34.4 Å². The van der Waals surface area contributed by atoms with E-state index in [1.54, 1.807) is 19.2 Å². The van der Waals surface area contributed by atoms with Gasteiger partial charge in [-0.1, -0.05) is 17.9 Å². The van der Waals surface area contributed by atoms with Crippen molar-refractivity contribution < 1.29 is 13.2 Å². The van der Waals surface area contributed by atoms with E-state index in [4.69, 9.17) is 10.5 Å². The molecule has 0 radical (unpaired) electrons. The average molecular weight is 296 g/mol. The molecule has 0 bridgehead atoms. The molecule has 0 saturated carbocycles. The highest BCUT2D eigenvalue weighted by atomic mass is 32.2. The Morgan fingerprint density at radius 1 is 1.40 bits per heavy atom. The normalized spacial score (nSPS) is 10.8. The van der Waals surface area contributed by atoms with Crippen molar-refractivity contribution in [3.8, 4) is 11.8 Å². The Morgan fingerprint density at radius 2 is 2.15 bits per heavy atom. The first-order chi connectivity index (χ1) is 9.48. The first-order valence-electron chi connectivity index (χ1n) is 6.27. The van der Waals surface area contributed by atoms with Gasteiger partial charge in [0.1, 0.15) is 0 Å². The third-order valence-corrected chi connectivity index (χ3v) is 3.97. The lowest BCUT2D eigenvalue weighted by Crippen LogP contribution is -2.17. The SMILES string of the molecule is COCCCS(=O)(=O)Nc1ccc(C)c(C#CCN)c1. The van der Waals surface area contributed by atoms with Crippen LogP contribution in [0.15, 0.2) is 18.2 Å². The smallest absolute Gasteiger partial charge is 0.232 e. The zero-order valence-electron chi connectivity index (χ0n) is 11.8. The molecule has 3 N–H and O–H groups in total. The lowest BCUT2D eigenvalue weighted by Gasteiger charge is -2.09. The van der Waals surface area contributed by atoms with Crippen LogP contribution in [-0.2, 0) is 14.8 Å². The maximum atomic E-state index is 11.9. The minimum Gasteiger partial charge on any atom is -0.385 e. The molecule has 0 aromatic heterocycles. The van der Waals surface area contributed by atoms with Gasteiger partial charge in [0.2, 0.25) is 10.0 Å². The molecular formula is C14H20N2O3S. The van der Waals surface area contributed by atoms with Crippen molar-refractivity contribution in [2.24, 2.45) is 5.73 Å². The standard InChI is InChI=1S/C14H20N2O3S/c1-12-6-7-14(11-13(12)5-3-8-15)16-20(17,18)10-4-9-19-2/h6-7,11,16H,4,8-10,15H2,1-2H3. The van der Waals surface area contributed by atoms with Crippen LogP contribution >= 0.6 is 0 Å². The number of nitrogens with two attached hydrogens (primary N) is 1. The lowest BCUT2D eigenvalue weighted by atomic mass is 10.1. The second-order valence-electron chi connectivity index (χ2n) is 4.30. The summed E-state index contributed by atoms with van der Waals surface area (Å²) in [5.41, 5.74) is 7.60. The summed E-state index contributed by atoms with van der Waals surface area (Å²) in [7, 11) is -1.82. The Bertz CT molecular complexity index is 601. The van der Waals surface area contributed by atoms with Crippen LogP contribution in [0.2, 0.25) is 0 Å². The molecule has 0 saturated heterocycles. The van der Waals surface area contributed by atoms with E-state index in [9.17, 15) is 8.42 Å². The van der Waals surface area contributed by atoms with Gasteiger partial charge in [0.05, 0.1) is 12.3 Å². The fraction of sp³-hybridized carbons (Fsp3) is 0.429. The maximum absolute atomic E-state index is 11.9. The number of sulfonamides is 1. The van der Waals surface area contributed by atoms with Crippen LogP contribution in [0, 0.1) is 18.8 Å². The summed E-state index contributed by atoms with van der Waals surface area (Å²) in [4.78, 5) is 0. The van der Waals surface area contributed by atoms with E-state index in [1.165, 1.54) is 0 Å². The van der Waals surface area contributed by atoms with Gasteiger partial charge in [-0.25, -0.2) is 8.42 Å². The van der Waals surface area contributed by atoms with Gasteiger partial charge in [-0.2, -0.15) is 0 Å². The summed E-state index contributed by atoms with van der Waals surface area (Å²) in [5.74, 6) is 5.71. The molecule has 0 unspecified atom stereocenters. The number of aryl methyl sites for hydroxylation is 1. The predicted octanol–water partition coefficient (Wildman–Crippen LogP) is 1.08. The molecule has 1 rings (SSSR count). The van der Waals surface area contributed by atoms with E-state index in [2.05, 4.69) is 16.6 Å². The third-order valence-electron chi connectivity index (χ3n) is 2.60. The first kappa shape index (κ1) is 16.5. The number of anilines is 1. The van der Waals surface area contributed by atoms with Gasteiger partial charge in [0.25, 0.3) is 0 Å². The topological polar surface area (TPSA) is 81.4 Å². The average Bonchev–Trinajstić information content (AvgIpc) is 2.39. The Labute approximate surface area is 120 Å². The molecule has 0 atom stereocenters. The Morgan fingerprint density at radius 3 is 2.80 bits per heavy atom. The molecule has 110 valence electrons. The highest BCUT2D eigenvalue weighted by Crippen LogP contribution is 2.16. The van der Waals surface area contributed by atoms with Gasteiger partial charge in [-0.15, -0.1) is 0 Å². The van der Waals surface area contributed by atoms with Gasteiger partial charge < -0.3 is 10.5 Å². The molecule has 1 aromatic carbocycles. The van der Waals surface area contributed by atoms with Crippen LogP contribution in [0.3, 0.4) is 0 Å². The summed E-state index contributed by atoms with van der Waals surface area (Å²) in [6.45, 7) is 2.60. The molecule has 5 nitrogen and oxygen atoms in total. The van der Waals surface area contributed by atoms with Gasteiger partial charge in [-0.05, 0) is 31.0 Å². The van der Waals surface area contributed by atoms with Crippen LogP contribution in [0.5, 0.6) is 0 Å². The summed E-state index contributed by atoms with van der Waals surface area (Å²) in [6.07, 6.45) is 0.456. The molecule has 0 aliphatic heterocycles. The number of benzene rings is 1. The number of rotatable bonds is 6. The molecule has 1 aromatic rings. The monoisotopic (exact) mass is 296 g/mol. The quantitative estimate of drug-likeness (QED) is 0.608. The minimum absolute atomic E-state index is 0.0263. The predicted molar refractivity (Wildman–Crippen MR) is 81.0 cm³/mol. The van der Waals surface area contributed by atoms with Crippen molar-refractivity contribution in [3.63, 3.8) is 0 Å². The molecule has 0 amide bonds. The van der Waals surface area contributed by atoms with Gasteiger partial charge in [0, 0.05) is 25.0 Å². The van der Waals surface area contributed by atoms with Gasteiger partial charge in [0.15, 0.2) is 0 Å². The lowest BCUT2D eigenvalue weighted by molar-refractivity contribution is 0.199. The van der Waals surface area contributed by atoms with Gasteiger partial charge >= 0.3 is 0 Å². The Kier molecular flexibility index (Phi) is 6.52. The van der Waals surface area contributed by atoms with E-state index in [0.717, 1.165) is 11.1 Å². The van der Waals surface area contributed by atoms with Crippen LogP contribution in [0.25, 0.3) is 0 Å². The van der Waals surface area contributed by atoms with Gasteiger partial charge in [-0.3, -0.25) is 4.72 Å². The number of nitrogens with one attached hydrogen (secondary N) is 1. The van der Waals surface area contributed by atoms with Crippen molar-refractivity contribution in [2.45, 2.75) is 13.3 Å². The fourth-order valence-corrected chi connectivity index (χ4v) is 2.68. The van der Waals surface area contributed by atoms with Crippen molar-refractivity contribution in [1.29, 1.82) is 0 Å². The number of hydrogen-bond donors (Lipinski definition) is 2. The van der Waals surface area contributed by atoms with Crippen molar-refractivity contribution in [2.75, 3.05) is 30.7 Å². The summed E-state index contributed by atoms with van der Waals surface area (Å²) in [5, 5.41) is 0. The van der Waals surface area contributed by atoms with E-state index in [1.807, 2.05) is 13.0 Å². The Balaban J connectivity index is 2.82. The van der Waals surface area contributed by atoms with Crippen molar-refractivity contribution >= 4 is 15.7 Å². The molecule has 0 heterocycles. The highest BCUT2D eigenvalue weighted by Gasteiger charge is 2.10. The number of methoxy groups -OCH3 is 1. The number of ether oxygens (including phenoxy) is 1. The summed E-state index contributed by atoms with van der Waals surface area (Å²) < 4.78 is 31.1. The van der Waals surface area contributed by atoms with Crippen molar-refractivity contribution in [3.05, 3.63) is 29.3 Å². The second kappa shape index (κ2) is 7.90. The third kappa shape index (κ3) is 5.61. The maximum Gasteiger partial charge on any atom is 0.232 e. The largest absolute Gasteiger partial charge is 0.385 e. The molecule has 0 spiro atoms. The zero-order chi connectivity index (χ0) is 15.0. The minimum atomic E-state index is -3.36. The van der Waals surface area contributed by atoms with Crippen LogP contribution in [0.4, 0.5) is 5.69 Å². The van der Waals surface area contributed by atoms with Crippen molar-refractivity contribution in [1.82, 2.24) is 0 Å². The summed E-state index contributed by atoms with van der Waals surface area (Å²) in [6, 6.07) is 5.26. The molecular weight excluding hydrogens is 276 g/mol. The molecule has 0 aliphatic rings. The zero-order valence-corrected chi connectivity index (χ0v) is 12.6. The second-order valence-corrected chi connectivity index (χ2v) is 6.14. The fourth-order valence-electron chi connectivity index (χ4n) is 1.59. The van der Waals surface area contributed by atoms with E-state index < -0.39 is 10.0 Å². The highest BCUT2D eigenvalue weighted by molar-refractivity contribution is 7.92. The summed E-state index contributed by atoms with van der Waals surface area (Å²) >= 11 is 0. The molecule has 0 fully saturated rings. The Hall–Kier alpha value is -1.55. The van der Waals surface area contributed by atoms with E-state index in [-0.39, 0.29) is 12.3 Å². The van der Waals surface area contributed by atoms with Crippen LogP contribution in [0.1, 0.15) is 17.5 Å². The first-order valence-corrected chi connectivity index (χ1v) is 7.93. The van der Waals surface area contributed by atoms with E-state index in [0.29, 0.717) is 18.7 Å². The number of hydrogen-bond acceptors (Lipinski definition) is 4.